The molecule has 6 atom stereocenters. The summed E-state index contributed by atoms with van der Waals surface area (Å²) in [6.07, 6.45) is 8.34. The van der Waals surface area contributed by atoms with Crippen molar-refractivity contribution in [2.45, 2.75) is 90.1 Å². The molecule has 0 aromatic rings. The number of morpholine rings is 1. The SMILES string of the molecule is CN1NC(C(C)(C)C)CC1NC(=O)NC1CCC(OCCN2CCOCC2)C2CCCCC12. The van der Waals surface area contributed by atoms with Crippen LogP contribution in [0.2, 0.25) is 0 Å². The van der Waals surface area contributed by atoms with Gasteiger partial charge in [0.05, 0.1) is 32.1 Å². The van der Waals surface area contributed by atoms with Crippen molar-refractivity contribution < 1.29 is 14.3 Å². The number of hydrogen-bond acceptors (Lipinski definition) is 6. The van der Waals surface area contributed by atoms with Crippen LogP contribution in [0.5, 0.6) is 0 Å². The number of amides is 2. The number of fused-ring (bicyclic) bond motifs is 1. The molecule has 2 heterocycles. The van der Waals surface area contributed by atoms with Crippen molar-refractivity contribution in [1.82, 2.24) is 26.0 Å². The summed E-state index contributed by atoms with van der Waals surface area (Å²) in [4.78, 5) is 15.4. The third-order valence-corrected chi connectivity index (χ3v) is 8.42. The number of hydrogen-bond donors (Lipinski definition) is 3. The summed E-state index contributed by atoms with van der Waals surface area (Å²) < 4.78 is 11.9. The summed E-state index contributed by atoms with van der Waals surface area (Å²) in [5, 5.41) is 8.64. The molecule has 4 rings (SSSR count). The van der Waals surface area contributed by atoms with Gasteiger partial charge in [0.1, 0.15) is 0 Å². The first-order valence-electron chi connectivity index (χ1n) is 13.3. The lowest BCUT2D eigenvalue weighted by Gasteiger charge is -2.46. The van der Waals surface area contributed by atoms with Gasteiger partial charge in [0, 0.05) is 38.8 Å². The minimum atomic E-state index is -0.0239. The highest BCUT2D eigenvalue weighted by Crippen LogP contribution is 2.42. The second-order valence-corrected chi connectivity index (χ2v) is 11.7. The Kier molecular flexibility index (Phi) is 8.55. The van der Waals surface area contributed by atoms with E-state index in [1.807, 2.05) is 7.05 Å². The third kappa shape index (κ3) is 6.60. The fourth-order valence-electron chi connectivity index (χ4n) is 6.30. The van der Waals surface area contributed by atoms with Crippen LogP contribution in [0.3, 0.4) is 0 Å². The van der Waals surface area contributed by atoms with E-state index in [9.17, 15) is 4.79 Å². The van der Waals surface area contributed by atoms with E-state index >= 15 is 0 Å². The second-order valence-electron chi connectivity index (χ2n) is 11.7. The second kappa shape index (κ2) is 11.2. The van der Waals surface area contributed by atoms with E-state index in [0.717, 1.165) is 58.7 Å². The number of urea groups is 1. The lowest BCUT2D eigenvalue weighted by Crippen LogP contribution is -2.56. The van der Waals surface area contributed by atoms with Crippen LogP contribution in [0.15, 0.2) is 0 Å². The Morgan fingerprint density at radius 3 is 2.48 bits per heavy atom. The van der Waals surface area contributed by atoms with Gasteiger partial charge in [-0.1, -0.05) is 33.6 Å². The predicted octanol–water partition coefficient (Wildman–Crippen LogP) is 2.55. The Labute approximate surface area is 200 Å². The minimum absolute atomic E-state index is 0.0239. The standard InChI is InChI=1S/C25H47N5O3/c1-25(2,3)22-17-23(29(4)28-22)27-24(31)26-20-9-10-21(19-8-6-5-7-18(19)20)33-16-13-30-11-14-32-15-12-30/h18-23,28H,5-17H2,1-4H3,(H2,26,27,31). The Morgan fingerprint density at radius 2 is 1.79 bits per heavy atom. The summed E-state index contributed by atoms with van der Waals surface area (Å²) in [7, 11) is 2.02. The van der Waals surface area contributed by atoms with Crippen LogP contribution >= 0.6 is 0 Å². The molecule has 4 fully saturated rings. The van der Waals surface area contributed by atoms with Gasteiger partial charge in [0.15, 0.2) is 0 Å². The molecule has 2 aliphatic heterocycles. The first kappa shape index (κ1) is 25.2. The number of ether oxygens (including phenoxy) is 2. The Balaban J connectivity index is 1.25. The van der Waals surface area contributed by atoms with E-state index in [0.29, 0.717) is 24.0 Å². The zero-order chi connectivity index (χ0) is 23.4. The van der Waals surface area contributed by atoms with Crippen molar-refractivity contribution in [2.24, 2.45) is 17.3 Å². The van der Waals surface area contributed by atoms with Crippen molar-refractivity contribution in [1.29, 1.82) is 0 Å². The van der Waals surface area contributed by atoms with Crippen molar-refractivity contribution in [3.8, 4) is 0 Å². The summed E-state index contributed by atoms with van der Waals surface area (Å²) in [6, 6.07) is 0.595. The van der Waals surface area contributed by atoms with Crippen molar-refractivity contribution >= 4 is 6.03 Å². The highest BCUT2D eigenvalue weighted by molar-refractivity contribution is 5.74. The molecule has 33 heavy (non-hydrogen) atoms. The molecule has 3 N–H and O–H groups in total. The van der Waals surface area contributed by atoms with Crippen LogP contribution in [0, 0.1) is 17.3 Å². The molecule has 8 nitrogen and oxygen atoms in total. The third-order valence-electron chi connectivity index (χ3n) is 8.42. The van der Waals surface area contributed by atoms with Gasteiger partial charge in [-0.2, -0.15) is 0 Å². The molecule has 6 unspecified atom stereocenters. The molecule has 2 amide bonds. The van der Waals surface area contributed by atoms with Crippen LogP contribution in [-0.2, 0) is 9.47 Å². The maximum Gasteiger partial charge on any atom is 0.316 e. The maximum absolute atomic E-state index is 12.9. The van der Waals surface area contributed by atoms with Gasteiger partial charge in [0.25, 0.3) is 0 Å². The number of carbonyl (C=O) groups is 1. The predicted molar refractivity (Wildman–Crippen MR) is 130 cm³/mol. The fraction of sp³-hybridized carbons (Fsp3) is 0.960. The average Bonchev–Trinajstić information content (AvgIpc) is 3.16. The Bertz CT molecular complexity index is 636. The monoisotopic (exact) mass is 465 g/mol. The molecule has 2 aliphatic carbocycles. The van der Waals surface area contributed by atoms with Gasteiger partial charge < -0.3 is 20.1 Å². The lowest BCUT2D eigenvalue weighted by atomic mass is 9.67. The van der Waals surface area contributed by atoms with Gasteiger partial charge in [0.2, 0.25) is 0 Å². The Morgan fingerprint density at radius 1 is 1.06 bits per heavy atom. The number of carbonyl (C=O) groups excluding carboxylic acids is 1. The summed E-state index contributed by atoms with van der Waals surface area (Å²) in [5.41, 5.74) is 3.67. The molecule has 4 aliphatic rings. The van der Waals surface area contributed by atoms with Gasteiger partial charge in [-0.3, -0.25) is 4.90 Å². The van der Waals surface area contributed by atoms with Crippen molar-refractivity contribution in [3.05, 3.63) is 0 Å². The van der Waals surface area contributed by atoms with E-state index in [1.165, 1.54) is 25.7 Å². The number of hydrazine groups is 1. The van der Waals surface area contributed by atoms with Gasteiger partial charge in [-0.25, -0.2) is 15.2 Å². The number of nitrogens with zero attached hydrogens (tertiary/aromatic N) is 2. The first-order valence-corrected chi connectivity index (χ1v) is 13.3. The van der Waals surface area contributed by atoms with Crippen LogP contribution in [0.25, 0.3) is 0 Å². The van der Waals surface area contributed by atoms with E-state index in [4.69, 9.17) is 9.47 Å². The molecule has 190 valence electrons. The molecule has 0 aromatic carbocycles. The zero-order valence-electron chi connectivity index (χ0n) is 21.3. The largest absolute Gasteiger partial charge is 0.379 e. The van der Waals surface area contributed by atoms with Crippen molar-refractivity contribution in [2.75, 3.05) is 46.5 Å². The van der Waals surface area contributed by atoms with E-state index < -0.39 is 0 Å². The van der Waals surface area contributed by atoms with Crippen molar-refractivity contribution in [3.63, 3.8) is 0 Å². The van der Waals surface area contributed by atoms with Crippen LogP contribution < -0.4 is 16.1 Å². The van der Waals surface area contributed by atoms with Crippen LogP contribution in [0.4, 0.5) is 4.79 Å². The summed E-state index contributed by atoms with van der Waals surface area (Å²) in [6.45, 7) is 12.2. The minimum Gasteiger partial charge on any atom is -0.379 e. The molecule has 2 saturated heterocycles. The average molecular weight is 466 g/mol. The summed E-state index contributed by atoms with van der Waals surface area (Å²) in [5.74, 6) is 1.11. The van der Waals surface area contributed by atoms with Gasteiger partial charge in [-0.15, -0.1) is 0 Å². The summed E-state index contributed by atoms with van der Waals surface area (Å²) >= 11 is 0. The molecule has 0 radical (unpaired) electrons. The molecular formula is C25H47N5O3. The zero-order valence-corrected chi connectivity index (χ0v) is 21.3. The Hall–Kier alpha value is -0.930. The molecule has 0 bridgehead atoms. The quantitative estimate of drug-likeness (QED) is 0.560. The number of rotatable bonds is 6. The van der Waals surface area contributed by atoms with E-state index in [-0.39, 0.29) is 23.7 Å². The highest BCUT2D eigenvalue weighted by Gasteiger charge is 2.42. The molecule has 8 heteroatoms. The van der Waals surface area contributed by atoms with E-state index in [2.05, 4.69) is 46.7 Å². The molecule has 0 spiro atoms. The van der Waals surface area contributed by atoms with Crippen LogP contribution in [0.1, 0.15) is 65.7 Å². The van der Waals surface area contributed by atoms with Crippen LogP contribution in [-0.4, -0.2) is 86.8 Å². The smallest absolute Gasteiger partial charge is 0.316 e. The fourth-order valence-corrected chi connectivity index (χ4v) is 6.30. The molecule has 0 aromatic heterocycles. The first-order chi connectivity index (χ1) is 15.8. The normalized spacial score (nSPS) is 36.4. The van der Waals surface area contributed by atoms with Gasteiger partial charge >= 0.3 is 6.03 Å². The van der Waals surface area contributed by atoms with Gasteiger partial charge in [-0.05, 0) is 49.4 Å². The molecular weight excluding hydrogens is 418 g/mol. The maximum atomic E-state index is 12.9. The topological polar surface area (TPSA) is 78.1 Å². The number of nitrogens with one attached hydrogen (secondary N) is 3. The highest BCUT2D eigenvalue weighted by atomic mass is 16.5. The molecule has 2 saturated carbocycles. The van der Waals surface area contributed by atoms with E-state index in [1.54, 1.807) is 0 Å². The lowest BCUT2D eigenvalue weighted by molar-refractivity contribution is -0.0657.